The van der Waals surface area contributed by atoms with E-state index in [2.05, 4.69) is 10.3 Å². The monoisotopic (exact) mass is 254 g/mol. The number of carbonyl (C=O) groups is 1. The Balaban J connectivity index is 2.58. The van der Waals surface area contributed by atoms with Gasteiger partial charge in [-0.25, -0.2) is 0 Å². The summed E-state index contributed by atoms with van der Waals surface area (Å²) in [6.45, 7) is 1.85. The molecule has 1 atom stereocenters. The molecule has 0 bridgehead atoms. The Bertz CT molecular complexity index is 371. The van der Waals surface area contributed by atoms with Gasteiger partial charge < -0.3 is 10.4 Å². The van der Waals surface area contributed by atoms with Crippen LogP contribution in [-0.4, -0.2) is 40.7 Å². The molecule has 0 radical (unpaired) electrons. The van der Waals surface area contributed by atoms with E-state index in [-0.39, 0.29) is 18.6 Å². The standard InChI is InChI=1S/C12H18N2O2S/c1-9-5-10(7-13-6-9)12(16)14-11(8-15)3-4-17-2/h5-7,11,15H,3-4,8H2,1-2H3,(H,14,16)/t11-/m0/s1. The quantitative estimate of drug-likeness (QED) is 0.801. The maximum Gasteiger partial charge on any atom is 0.253 e. The van der Waals surface area contributed by atoms with Crippen molar-refractivity contribution in [1.29, 1.82) is 0 Å². The fourth-order valence-corrected chi connectivity index (χ4v) is 1.94. The van der Waals surface area contributed by atoms with Crippen LogP contribution in [0.1, 0.15) is 22.3 Å². The predicted molar refractivity (Wildman–Crippen MR) is 70.3 cm³/mol. The normalized spacial score (nSPS) is 12.2. The maximum absolute atomic E-state index is 11.9. The zero-order valence-electron chi connectivity index (χ0n) is 10.1. The first-order valence-electron chi connectivity index (χ1n) is 5.49. The Kier molecular flexibility index (Phi) is 6.00. The number of nitrogens with zero attached hydrogens (tertiary/aromatic N) is 1. The van der Waals surface area contributed by atoms with Gasteiger partial charge in [0.2, 0.25) is 0 Å². The summed E-state index contributed by atoms with van der Waals surface area (Å²) >= 11 is 1.70. The zero-order chi connectivity index (χ0) is 12.7. The molecule has 0 unspecified atom stereocenters. The van der Waals surface area contributed by atoms with E-state index in [1.807, 2.05) is 13.2 Å². The SMILES string of the molecule is CSCC[C@@H](CO)NC(=O)c1cncc(C)c1. The molecule has 0 saturated carbocycles. The van der Waals surface area contributed by atoms with Crippen molar-refractivity contribution in [2.45, 2.75) is 19.4 Å². The molecule has 4 nitrogen and oxygen atoms in total. The lowest BCUT2D eigenvalue weighted by molar-refractivity contribution is 0.0915. The molecule has 5 heteroatoms. The van der Waals surface area contributed by atoms with E-state index < -0.39 is 0 Å². The number of thioether (sulfide) groups is 1. The van der Waals surface area contributed by atoms with E-state index >= 15 is 0 Å². The second kappa shape index (κ2) is 7.29. The molecule has 0 aliphatic rings. The van der Waals surface area contributed by atoms with E-state index in [9.17, 15) is 4.79 Å². The molecule has 1 aromatic heterocycles. The van der Waals surface area contributed by atoms with Gasteiger partial charge >= 0.3 is 0 Å². The zero-order valence-corrected chi connectivity index (χ0v) is 11.0. The number of hydrogen-bond acceptors (Lipinski definition) is 4. The smallest absolute Gasteiger partial charge is 0.253 e. The van der Waals surface area contributed by atoms with Gasteiger partial charge in [-0.3, -0.25) is 9.78 Å². The van der Waals surface area contributed by atoms with Crippen molar-refractivity contribution < 1.29 is 9.90 Å². The molecular weight excluding hydrogens is 236 g/mol. The van der Waals surface area contributed by atoms with Crippen molar-refractivity contribution in [3.8, 4) is 0 Å². The Hall–Kier alpha value is -1.07. The van der Waals surface area contributed by atoms with E-state index in [0.29, 0.717) is 5.56 Å². The number of aryl methyl sites for hydroxylation is 1. The molecule has 1 amide bonds. The lowest BCUT2D eigenvalue weighted by Crippen LogP contribution is -2.38. The van der Waals surface area contributed by atoms with Gasteiger partial charge in [0, 0.05) is 12.4 Å². The van der Waals surface area contributed by atoms with Gasteiger partial charge in [0.15, 0.2) is 0 Å². The van der Waals surface area contributed by atoms with Gasteiger partial charge in [-0.1, -0.05) is 0 Å². The maximum atomic E-state index is 11.9. The number of aromatic nitrogens is 1. The molecule has 0 fully saturated rings. The summed E-state index contributed by atoms with van der Waals surface area (Å²) in [4.78, 5) is 15.8. The number of nitrogens with one attached hydrogen (secondary N) is 1. The van der Waals surface area contributed by atoms with Crippen molar-refractivity contribution in [2.75, 3.05) is 18.6 Å². The third-order valence-corrected chi connectivity index (χ3v) is 3.01. The van der Waals surface area contributed by atoms with Crippen molar-refractivity contribution >= 4 is 17.7 Å². The van der Waals surface area contributed by atoms with Crippen LogP contribution in [0.2, 0.25) is 0 Å². The van der Waals surface area contributed by atoms with Gasteiger partial charge in [0.05, 0.1) is 18.2 Å². The number of rotatable bonds is 6. The Morgan fingerprint density at radius 2 is 2.35 bits per heavy atom. The van der Waals surface area contributed by atoms with Crippen LogP contribution in [0.25, 0.3) is 0 Å². The van der Waals surface area contributed by atoms with Crippen LogP contribution < -0.4 is 5.32 Å². The number of aliphatic hydroxyl groups is 1. The summed E-state index contributed by atoms with van der Waals surface area (Å²) in [5.74, 6) is 0.735. The van der Waals surface area contributed by atoms with Crippen LogP contribution in [0.4, 0.5) is 0 Å². The Morgan fingerprint density at radius 1 is 1.59 bits per heavy atom. The van der Waals surface area contributed by atoms with Crippen LogP contribution in [-0.2, 0) is 0 Å². The van der Waals surface area contributed by atoms with E-state index in [1.54, 1.807) is 24.0 Å². The predicted octanol–water partition coefficient (Wildman–Crippen LogP) is 1.23. The minimum Gasteiger partial charge on any atom is -0.394 e. The summed E-state index contributed by atoms with van der Waals surface area (Å²) in [5.41, 5.74) is 1.48. The van der Waals surface area contributed by atoms with Crippen molar-refractivity contribution in [1.82, 2.24) is 10.3 Å². The summed E-state index contributed by atoms with van der Waals surface area (Å²) in [5, 5.41) is 12.0. The van der Waals surface area contributed by atoms with Gasteiger partial charge in [0.25, 0.3) is 5.91 Å². The highest BCUT2D eigenvalue weighted by molar-refractivity contribution is 7.98. The topological polar surface area (TPSA) is 62.2 Å². The largest absolute Gasteiger partial charge is 0.394 e. The van der Waals surface area contributed by atoms with Crippen LogP contribution in [0.5, 0.6) is 0 Å². The number of pyridine rings is 1. The van der Waals surface area contributed by atoms with E-state index in [0.717, 1.165) is 17.7 Å². The first-order valence-corrected chi connectivity index (χ1v) is 6.89. The minimum atomic E-state index is -0.185. The molecule has 1 aromatic rings. The summed E-state index contributed by atoms with van der Waals surface area (Å²) < 4.78 is 0. The number of aliphatic hydroxyl groups excluding tert-OH is 1. The van der Waals surface area contributed by atoms with E-state index in [4.69, 9.17) is 5.11 Å². The molecule has 0 aromatic carbocycles. The molecule has 17 heavy (non-hydrogen) atoms. The third kappa shape index (κ3) is 4.75. The fourth-order valence-electron chi connectivity index (χ4n) is 1.42. The summed E-state index contributed by atoms with van der Waals surface area (Å²) in [7, 11) is 0. The first kappa shape index (κ1) is 14.0. The van der Waals surface area contributed by atoms with Crippen LogP contribution in [0.3, 0.4) is 0 Å². The van der Waals surface area contributed by atoms with Gasteiger partial charge in [-0.05, 0) is 37.0 Å². The minimum absolute atomic E-state index is 0.0362. The molecule has 1 heterocycles. The summed E-state index contributed by atoms with van der Waals surface area (Å²) in [6.07, 6.45) is 6.00. The summed E-state index contributed by atoms with van der Waals surface area (Å²) in [6, 6.07) is 1.60. The molecular formula is C12H18N2O2S. The Labute approximate surface area is 106 Å². The van der Waals surface area contributed by atoms with Gasteiger partial charge in [-0.2, -0.15) is 11.8 Å². The van der Waals surface area contributed by atoms with Crippen molar-refractivity contribution in [3.63, 3.8) is 0 Å². The van der Waals surface area contributed by atoms with Crippen molar-refractivity contribution in [2.24, 2.45) is 0 Å². The average molecular weight is 254 g/mol. The second-order valence-corrected chi connectivity index (χ2v) is 4.87. The highest BCUT2D eigenvalue weighted by Gasteiger charge is 2.12. The average Bonchev–Trinajstić information content (AvgIpc) is 2.34. The second-order valence-electron chi connectivity index (χ2n) is 3.89. The van der Waals surface area contributed by atoms with Gasteiger partial charge in [0.1, 0.15) is 0 Å². The molecule has 0 aliphatic carbocycles. The lowest BCUT2D eigenvalue weighted by Gasteiger charge is -2.15. The number of amides is 1. The van der Waals surface area contributed by atoms with Gasteiger partial charge in [-0.15, -0.1) is 0 Å². The molecule has 0 saturated heterocycles. The molecule has 1 rings (SSSR count). The van der Waals surface area contributed by atoms with Crippen LogP contribution in [0.15, 0.2) is 18.5 Å². The number of carbonyl (C=O) groups excluding carboxylic acids is 1. The molecule has 0 spiro atoms. The lowest BCUT2D eigenvalue weighted by atomic mass is 10.2. The highest BCUT2D eigenvalue weighted by Crippen LogP contribution is 2.04. The first-order chi connectivity index (χ1) is 8.17. The van der Waals surface area contributed by atoms with Crippen LogP contribution >= 0.6 is 11.8 Å². The molecule has 2 N–H and O–H groups in total. The van der Waals surface area contributed by atoms with Crippen LogP contribution in [0, 0.1) is 6.92 Å². The van der Waals surface area contributed by atoms with Crippen molar-refractivity contribution in [3.05, 3.63) is 29.6 Å². The molecule has 0 aliphatic heterocycles. The van der Waals surface area contributed by atoms with E-state index in [1.165, 1.54) is 6.20 Å². The fraction of sp³-hybridized carbons (Fsp3) is 0.500. The molecule has 94 valence electrons. The third-order valence-electron chi connectivity index (χ3n) is 2.36. The number of hydrogen-bond donors (Lipinski definition) is 2. The Morgan fingerprint density at radius 3 is 2.94 bits per heavy atom. The highest BCUT2D eigenvalue weighted by atomic mass is 32.2.